The molecule has 0 radical (unpaired) electrons. The zero-order chi connectivity index (χ0) is 23.6. The number of benzene rings is 3. The van der Waals surface area contributed by atoms with Crippen molar-refractivity contribution in [3.63, 3.8) is 0 Å². The van der Waals surface area contributed by atoms with Crippen LogP contribution in [0.15, 0.2) is 103 Å². The third kappa shape index (κ3) is 5.57. The molecule has 0 aliphatic heterocycles. The summed E-state index contributed by atoms with van der Waals surface area (Å²) in [6.07, 6.45) is 5.62. The highest BCUT2D eigenvalue weighted by Crippen LogP contribution is 2.41. The quantitative estimate of drug-likeness (QED) is 0.144. The van der Waals surface area contributed by atoms with Gasteiger partial charge in [-0.15, -0.1) is 0 Å². The van der Waals surface area contributed by atoms with Crippen molar-refractivity contribution in [2.45, 2.75) is 37.9 Å². The Morgan fingerprint density at radius 3 is 1.85 bits per heavy atom. The van der Waals surface area contributed by atoms with Gasteiger partial charge in [-0.3, -0.25) is 0 Å². The number of carbonyl (C=O) groups excluding carboxylic acids is 1. The molecule has 3 aromatic rings. The van der Waals surface area contributed by atoms with Crippen molar-refractivity contribution in [1.29, 1.82) is 0 Å². The minimum Gasteiger partial charge on any atom is -0.434 e. The van der Waals surface area contributed by atoms with E-state index in [0.717, 1.165) is 29.5 Å². The standard InChI is InChI=1S/C30H32O4/c1-2-3-21-32-29(31)34-28-20-19-24(22-28)23-33-30(25-13-7-4-8-14-25,26-15-9-5-10-16-26)27-17-11-6-12-18-27/h4-20,24,28H,2-3,21-23H2,1H3/t24-,28+/m1/s1. The summed E-state index contributed by atoms with van der Waals surface area (Å²) >= 11 is 0. The van der Waals surface area contributed by atoms with Gasteiger partial charge < -0.3 is 14.2 Å². The van der Waals surface area contributed by atoms with E-state index in [1.807, 2.05) is 60.7 Å². The second-order valence-electron chi connectivity index (χ2n) is 8.58. The summed E-state index contributed by atoms with van der Waals surface area (Å²) < 4.78 is 17.5. The number of unbranched alkanes of at least 4 members (excludes halogenated alkanes) is 1. The third-order valence-electron chi connectivity index (χ3n) is 6.15. The van der Waals surface area contributed by atoms with Crippen LogP contribution in [0.25, 0.3) is 0 Å². The molecule has 176 valence electrons. The van der Waals surface area contributed by atoms with Crippen molar-refractivity contribution < 1.29 is 19.0 Å². The number of carbonyl (C=O) groups is 1. The first-order valence-corrected chi connectivity index (χ1v) is 12.0. The first-order chi connectivity index (χ1) is 16.7. The van der Waals surface area contributed by atoms with Crippen molar-refractivity contribution in [2.24, 2.45) is 5.92 Å². The molecule has 0 spiro atoms. The van der Waals surface area contributed by atoms with E-state index in [0.29, 0.717) is 19.6 Å². The molecule has 1 aliphatic rings. The van der Waals surface area contributed by atoms with Gasteiger partial charge in [-0.2, -0.15) is 0 Å². The lowest BCUT2D eigenvalue weighted by atomic mass is 9.80. The maximum Gasteiger partial charge on any atom is 0.508 e. The lowest BCUT2D eigenvalue weighted by Gasteiger charge is -2.36. The van der Waals surface area contributed by atoms with Crippen molar-refractivity contribution in [2.75, 3.05) is 13.2 Å². The molecule has 0 fully saturated rings. The molecule has 0 unspecified atom stereocenters. The summed E-state index contributed by atoms with van der Waals surface area (Å²) in [6.45, 7) is 2.94. The molecule has 3 aromatic carbocycles. The third-order valence-corrected chi connectivity index (χ3v) is 6.15. The molecule has 0 N–H and O–H groups in total. The highest BCUT2D eigenvalue weighted by atomic mass is 16.7. The summed E-state index contributed by atoms with van der Waals surface area (Å²) in [5.41, 5.74) is 2.46. The molecule has 4 nitrogen and oxygen atoms in total. The topological polar surface area (TPSA) is 44.8 Å². The minimum atomic E-state index is -0.754. The van der Waals surface area contributed by atoms with Gasteiger partial charge >= 0.3 is 6.16 Å². The van der Waals surface area contributed by atoms with E-state index in [9.17, 15) is 4.79 Å². The van der Waals surface area contributed by atoms with Gasteiger partial charge in [0.1, 0.15) is 11.7 Å². The monoisotopic (exact) mass is 456 g/mol. The van der Waals surface area contributed by atoms with Gasteiger partial charge in [0.05, 0.1) is 13.2 Å². The zero-order valence-corrected chi connectivity index (χ0v) is 19.6. The fourth-order valence-corrected chi connectivity index (χ4v) is 4.41. The van der Waals surface area contributed by atoms with Gasteiger partial charge in [0.15, 0.2) is 0 Å². The van der Waals surface area contributed by atoms with Gasteiger partial charge in [0.25, 0.3) is 0 Å². The van der Waals surface area contributed by atoms with Gasteiger partial charge in [-0.1, -0.05) is 110 Å². The highest BCUT2D eigenvalue weighted by molar-refractivity contribution is 5.60. The first-order valence-electron chi connectivity index (χ1n) is 12.0. The largest absolute Gasteiger partial charge is 0.508 e. The van der Waals surface area contributed by atoms with E-state index in [-0.39, 0.29) is 12.0 Å². The first kappa shape index (κ1) is 23.8. The smallest absolute Gasteiger partial charge is 0.434 e. The van der Waals surface area contributed by atoms with Crippen molar-refractivity contribution in [3.8, 4) is 0 Å². The Labute approximate surface area is 202 Å². The van der Waals surface area contributed by atoms with Crippen LogP contribution in [-0.2, 0) is 19.8 Å². The van der Waals surface area contributed by atoms with Crippen LogP contribution in [0.4, 0.5) is 4.79 Å². The molecule has 4 heteroatoms. The Morgan fingerprint density at radius 2 is 1.35 bits per heavy atom. The van der Waals surface area contributed by atoms with Crippen molar-refractivity contribution in [1.82, 2.24) is 0 Å². The molecule has 0 heterocycles. The fourth-order valence-electron chi connectivity index (χ4n) is 4.41. The second kappa shape index (κ2) is 11.7. The summed E-state index contributed by atoms with van der Waals surface area (Å²) in [6, 6.07) is 31.0. The van der Waals surface area contributed by atoms with Crippen LogP contribution in [0.5, 0.6) is 0 Å². The molecule has 0 aromatic heterocycles. The van der Waals surface area contributed by atoms with E-state index in [1.54, 1.807) is 0 Å². The molecule has 0 saturated carbocycles. The second-order valence-corrected chi connectivity index (χ2v) is 8.58. The summed E-state index contributed by atoms with van der Waals surface area (Å²) in [5.74, 6) is 0.129. The van der Waals surface area contributed by atoms with Gasteiger partial charge in [-0.05, 0) is 35.6 Å². The van der Waals surface area contributed by atoms with Crippen molar-refractivity contribution in [3.05, 3.63) is 120 Å². The Morgan fingerprint density at radius 1 is 0.824 bits per heavy atom. The van der Waals surface area contributed by atoms with Crippen LogP contribution in [0, 0.1) is 5.92 Å². The summed E-state index contributed by atoms with van der Waals surface area (Å²) in [7, 11) is 0. The fraction of sp³-hybridized carbons (Fsp3) is 0.300. The van der Waals surface area contributed by atoms with E-state index in [4.69, 9.17) is 14.2 Å². The highest BCUT2D eigenvalue weighted by Gasteiger charge is 2.38. The van der Waals surface area contributed by atoms with E-state index in [1.165, 1.54) is 0 Å². The molecule has 4 rings (SSSR count). The summed E-state index contributed by atoms with van der Waals surface area (Å²) in [4.78, 5) is 11.9. The van der Waals surface area contributed by atoms with Crippen LogP contribution < -0.4 is 0 Å². The van der Waals surface area contributed by atoms with Crippen molar-refractivity contribution >= 4 is 6.16 Å². The lowest BCUT2D eigenvalue weighted by Crippen LogP contribution is -2.34. The maximum atomic E-state index is 11.9. The Balaban J connectivity index is 1.54. The predicted molar refractivity (Wildman–Crippen MR) is 134 cm³/mol. The maximum absolute atomic E-state index is 11.9. The molecular weight excluding hydrogens is 424 g/mol. The van der Waals surface area contributed by atoms with E-state index >= 15 is 0 Å². The average Bonchev–Trinajstić information content (AvgIpc) is 3.34. The predicted octanol–water partition coefficient (Wildman–Crippen LogP) is 6.89. The summed E-state index contributed by atoms with van der Waals surface area (Å²) in [5, 5.41) is 0. The van der Waals surface area contributed by atoms with Gasteiger partial charge in [0, 0.05) is 5.92 Å². The van der Waals surface area contributed by atoms with Crippen LogP contribution >= 0.6 is 0 Å². The number of hydrogen-bond donors (Lipinski definition) is 0. The van der Waals surface area contributed by atoms with Gasteiger partial charge in [-0.25, -0.2) is 4.79 Å². The molecular formula is C30H32O4. The Kier molecular flexibility index (Phi) is 8.16. The number of hydrogen-bond acceptors (Lipinski definition) is 4. The van der Waals surface area contributed by atoms with E-state index in [2.05, 4.69) is 49.4 Å². The molecule has 1 aliphatic carbocycles. The van der Waals surface area contributed by atoms with Crippen LogP contribution in [0.2, 0.25) is 0 Å². The Hall–Kier alpha value is -3.37. The SMILES string of the molecule is CCCCOC(=O)O[C@H]1C=C[C@@H](COC(c2ccccc2)(c2ccccc2)c2ccccc2)C1. The molecule has 0 amide bonds. The van der Waals surface area contributed by atoms with Crippen LogP contribution in [0.1, 0.15) is 42.9 Å². The molecule has 0 saturated heterocycles. The molecule has 2 atom stereocenters. The minimum absolute atomic E-state index is 0.129. The van der Waals surface area contributed by atoms with Crippen LogP contribution in [-0.4, -0.2) is 25.5 Å². The number of ether oxygens (including phenoxy) is 3. The molecule has 34 heavy (non-hydrogen) atoms. The normalized spacial score (nSPS) is 17.4. The van der Waals surface area contributed by atoms with Gasteiger partial charge in [0.2, 0.25) is 0 Å². The Bertz CT molecular complexity index is 950. The lowest BCUT2D eigenvalue weighted by molar-refractivity contribution is -0.00848. The zero-order valence-electron chi connectivity index (χ0n) is 19.6. The van der Waals surface area contributed by atoms with E-state index < -0.39 is 11.8 Å². The van der Waals surface area contributed by atoms with Crippen LogP contribution in [0.3, 0.4) is 0 Å². The average molecular weight is 457 g/mol. The molecule has 0 bridgehead atoms. The number of rotatable bonds is 10.